The molecule has 1 saturated heterocycles. The molecule has 0 radical (unpaired) electrons. The number of para-hydroxylation sites is 1. The fourth-order valence-corrected chi connectivity index (χ4v) is 5.62. The van der Waals surface area contributed by atoms with E-state index in [2.05, 4.69) is 26.0 Å². The lowest BCUT2D eigenvalue weighted by atomic mass is 9.93. The average Bonchev–Trinajstić information content (AvgIpc) is 3.46. The number of urea groups is 1. The van der Waals surface area contributed by atoms with E-state index in [-0.39, 0.29) is 24.0 Å². The Hall–Kier alpha value is -4.94. The fourth-order valence-electron chi connectivity index (χ4n) is 5.62. The van der Waals surface area contributed by atoms with Crippen molar-refractivity contribution in [1.82, 2.24) is 25.7 Å². The van der Waals surface area contributed by atoms with E-state index < -0.39 is 6.09 Å². The van der Waals surface area contributed by atoms with Crippen LogP contribution in [0, 0.1) is 5.41 Å². The maximum Gasteiger partial charge on any atom is 0.427 e. The van der Waals surface area contributed by atoms with E-state index in [4.69, 9.17) is 20.6 Å². The van der Waals surface area contributed by atoms with E-state index in [0.29, 0.717) is 43.9 Å². The molecule has 1 aromatic heterocycles. The first-order valence-electron chi connectivity index (χ1n) is 15.7. The van der Waals surface area contributed by atoms with Crippen molar-refractivity contribution < 1.29 is 19.1 Å². The van der Waals surface area contributed by atoms with Crippen molar-refractivity contribution >= 4 is 34.7 Å². The number of carbonyl (C=O) groups is 2. The van der Waals surface area contributed by atoms with Crippen LogP contribution in [0.4, 0.5) is 15.3 Å². The summed E-state index contributed by atoms with van der Waals surface area (Å²) in [5.74, 6) is 1.30. The third-order valence-corrected chi connectivity index (χ3v) is 7.97. The summed E-state index contributed by atoms with van der Waals surface area (Å²) in [5.41, 5.74) is 12.6. The molecule has 0 aliphatic carbocycles. The molecule has 1 aliphatic heterocycles. The highest BCUT2D eigenvalue weighted by Crippen LogP contribution is 2.23. The van der Waals surface area contributed by atoms with Crippen LogP contribution >= 0.6 is 0 Å². The number of hydrogen-bond donors (Lipinski definition) is 6. The van der Waals surface area contributed by atoms with Crippen molar-refractivity contribution in [2.24, 2.45) is 5.73 Å². The van der Waals surface area contributed by atoms with Crippen LogP contribution in [0.5, 0.6) is 5.75 Å². The molecule has 0 spiro atoms. The Bertz CT molecular complexity index is 1610. The number of ether oxygens (including phenoxy) is 2. The average molecular weight is 627 g/mol. The van der Waals surface area contributed by atoms with E-state index in [0.717, 1.165) is 53.8 Å². The standard InChI is InChI=1S/C34H42N8O4/c1-2-45-20-6-9-31-39-29-17-16-28(22-30(29)40-31)46-34(44)41-42-19-18-26(38-33(43)37-25-7-4-3-5-8-25)21-27(42)15-12-23-10-13-24(14-11-23)32(35)36/h3-5,7-8,10-11,13-14,16-17,22,26-27H,2,6,9,12,15,18-21H2,1H3,(H3,35,36)(H,39,40)(H,41,44)(H2,37,38,43). The minimum absolute atomic E-state index is 0.0278. The molecular formula is C34H42N8O4. The van der Waals surface area contributed by atoms with Gasteiger partial charge in [-0.15, -0.1) is 0 Å². The predicted octanol–water partition coefficient (Wildman–Crippen LogP) is 5.11. The molecule has 7 N–H and O–H groups in total. The van der Waals surface area contributed by atoms with E-state index in [1.54, 1.807) is 12.1 Å². The lowest BCUT2D eigenvalue weighted by molar-refractivity contribution is 0.0664. The van der Waals surface area contributed by atoms with Gasteiger partial charge in [-0.25, -0.2) is 19.6 Å². The van der Waals surface area contributed by atoms with E-state index >= 15 is 0 Å². The predicted molar refractivity (Wildman–Crippen MR) is 178 cm³/mol. The van der Waals surface area contributed by atoms with Crippen LogP contribution in [0.2, 0.25) is 0 Å². The van der Waals surface area contributed by atoms with Gasteiger partial charge in [-0.3, -0.25) is 10.8 Å². The molecule has 3 amide bonds. The zero-order valence-corrected chi connectivity index (χ0v) is 26.1. The summed E-state index contributed by atoms with van der Waals surface area (Å²) in [6.45, 7) is 3.89. The van der Waals surface area contributed by atoms with Gasteiger partial charge in [-0.2, -0.15) is 0 Å². The molecule has 12 heteroatoms. The maximum absolute atomic E-state index is 13.1. The number of nitrogens with zero attached hydrogens (tertiary/aromatic N) is 2. The number of anilines is 1. The number of nitrogens with one attached hydrogen (secondary N) is 5. The lowest BCUT2D eigenvalue weighted by Gasteiger charge is -2.39. The summed E-state index contributed by atoms with van der Waals surface area (Å²) in [7, 11) is 0. The third kappa shape index (κ3) is 9.29. The van der Waals surface area contributed by atoms with Crippen molar-refractivity contribution in [3.8, 4) is 5.75 Å². The van der Waals surface area contributed by atoms with Crippen LogP contribution in [-0.2, 0) is 17.6 Å². The number of fused-ring (bicyclic) bond motifs is 1. The number of imidazole rings is 1. The Balaban J connectivity index is 1.20. The van der Waals surface area contributed by atoms with Crippen molar-refractivity contribution in [2.45, 2.75) is 57.5 Å². The van der Waals surface area contributed by atoms with Gasteiger partial charge in [0.05, 0.1) is 11.0 Å². The summed E-state index contributed by atoms with van der Waals surface area (Å²) in [6, 6.07) is 21.8. The van der Waals surface area contributed by atoms with Crippen LogP contribution in [0.25, 0.3) is 11.0 Å². The smallest absolute Gasteiger partial charge is 0.409 e. The minimum atomic E-state index is -0.583. The Labute approximate surface area is 268 Å². The second kappa shape index (κ2) is 15.9. The van der Waals surface area contributed by atoms with Crippen molar-refractivity contribution in [1.29, 1.82) is 5.41 Å². The summed E-state index contributed by atoms with van der Waals surface area (Å²) in [6.07, 6.45) is 3.81. The number of benzene rings is 3. The number of amides is 3. The van der Waals surface area contributed by atoms with Gasteiger partial charge < -0.3 is 30.8 Å². The number of hydrogen-bond acceptors (Lipinski definition) is 7. The second-order valence-electron chi connectivity index (χ2n) is 11.3. The Kier molecular flexibility index (Phi) is 11.2. The molecule has 0 saturated carbocycles. The van der Waals surface area contributed by atoms with Gasteiger partial charge >= 0.3 is 12.1 Å². The molecule has 2 atom stereocenters. The van der Waals surface area contributed by atoms with Crippen LogP contribution in [-0.4, -0.2) is 64.8 Å². The maximum atomic E-state index is 13.1. The van der Waals surface area contributed by atoms with Crippen LogP contribution in [0.1, 0.15) is 49.6 Å². The van der Waals surface area contributed by atoms with Gasteiger partial charge in [0, 0.05) is 55.6 Å². The highest BCUT2D eigenvalue weighted by atomic mass is 16.6. The molecular weight excluding hydrogens is 584 g/mol. The number of amidine groups is 1. The molecule has 242 valence electrons. The van der Waals surface area contributed by atoms with Crippen molar-refractivity contribution in [3.05, 3.63) is 89.7 Å². The number of rotatable bonds is 13. The molecule has 4 aromatic rings. The molecule has 1 aliphatic rings. The number of H-pyrrole nitrogens is 1. The Morgan fingerprint density at radius 2 is 1.89 bits per heavy atom. The van der Waals surface area contributed by atoms with E-state index in [1.165, 1.54) is 0 Å². The first kappa shape index (κ1) is 32.5. The molecule has 2 unspecified atom stereocenters. The van der Waals surface area contributed by atoms with Crippen molar-refractivity contribution in [3.63, 3.8) is 0 Å². The fraction of sp³-hybridized carbons (Fsp3) is 0.353. The molecule has 46 heavy (non-hydrogen) atoms. The number of aryl methyl sites for hydroxylation is 2. The normalized spacial score (nSPS) is 16.5. The van der Waals surface area contributed by atoms with Gasteiger partial charge in [0.25, 0.3) is 0 Å². The first-order chi connectivity index (χ1) is 22.4. The number of piperidine rings is 1. The van der Waals surface area contributed by atoms with E-state index in [9.17, 15) is 9.59 Å². The van der Waals surface area contributed by atoms with Gasteiger partial charge in [0.1, 0.15) is 17.4 Å². The van der Waals surface area contributed by atoms with Gasteiger partial charge in [-0.1, -0.05) is 42.5 Å². The third-order valence-electron chi connectivity index (χ3n) is 7.97. The van der Waals surface area contributed by atoms with Crippen LogP contribution in [0.3, 0.4) is 0 Å². The van der Waals surface area contributed by atoms with Crippen LogP contribution < -0.4 is 26.5 Å². The summed E-state index contributed by atoms with van der Waals surface area (Å²) in [5, 5.41) is 15.5. The number of hydrazine groups is 1. The number of nitrogens with two attached hydrogens (primary N) is 1. The number of aromatic amines is 1. The summed E-state index contributed by atoms with van der Waals surface area (Å²) in [4.78, 5) is 33.7. The molecule has 3 aromatic carbocycles. The largest absolute Gasteiger partial charge is 0.427 e. The highest BCUT2D eigenvalue weighted by molar-refractivity contribution is 5.94. The molecule has 0 bridgehead atoms. The summed E-state index contributed by atoms with van der Waals surface area (Å²) < 4.78 is 11.1. The number of aromatic nitrogens is 2. The van der Waals surface area contributed by atoms with Gasteiger partial charge in [0.2, 0.25) is 0 Å². The van der Waals surface area contributed by atoms with Gasteiger partial charge in [0.15, 0.2) is 0 Å². The zero-order chi connectivity index (χ0) is 32.3. The quantitative estimate of drug-likeness (QED) is 0.0680. The SMILES string of the molecule is CCOCCCc1nc2ccc(OC(=O)NN3CCC(NC(=O)Nc4ccccc4)CC3CCc3ccc(C(=N)N)cc3)cc2[nH]1. The van der Waals surface area contributed by atoms with Gasteiger partial charge in [-0.05, 0) is 68.9 Å². The highest BCUT2D eigenvalue weighted by Gasteiger charge is 2.31. The second-order valence-corrected chi connectivity index (χ2v) is 11.3. The van der Waals surface area contributed by atoms with Crippen molar-refractivity contribution in [2.75, 3.05) is 25.1 Å². The molecule has 1 fully saturated rings. The molecule has 12 nitrogen and oxygen atoms in total. The number of nitrogen functional groups attached to an aromatic ring is 1. The molecule has 2 heterocycles. The molecule has 5 rings (SSSR count). The zero-order valence-electron chi connectivity index (χ0n) is 26.1. The topological polar surface area (TPSA) is 170 Å². The Morgan fingerprint density at radius 1 is 1.09 bits per heavy atom. The first-order valence-corrected chi connectivity index (χ1v) is 15.7. The lowest BCUT2D eigenvalue weighted by Crippen LogP contribution is -2.57. The summed E-state index contributed by atoms with van der Waals surface area (Å²) >= 11 is 0. The number of carbonyl (C=O) groups excluding carboxylic acids is 2. The minimum Gasteiger partial charge on any atom is -0.409 e. The Morgan fingerprint density at radius 3 is 2.65 bits per heavy atom. The monoisotopic (exact) mass is 626 g/mol. The van der Waals surface area contributed by atoms with E-state index in [1.807, 2.05) is 72.6 Å². The van der Waals surface area contributed by atoms with Crippen LogP contribution in [0.15, 0.2) is 72.8 Å².